The average Bonchev–Trinajstić information content (AvgIpc) is 2.66. The normalized spacial score (nSPS) is 10.6. The number of amides is 1. The standard InChI is InChI=1S/C17H15N5O4/c23-16(18-11-12-4-3-5-13(10-12)22(25)26)8-9-21-17(24)14-6-1-2-7-15(14)19-20-21/h1-7,10H,8-9,11H2,(H,18,23). The van der Waals surface area contributed by atoms with Crippen LogP contribution in [0.3, 0.4) is 0 Å². The number of hydrogen-bond donors (Lipinski definition) is 1. The molecular weight excluding hydrogens is 338 g/mol. The Morgan fingerprint density at radius 3 is 2.81 bits per heavy atom. The summed E-state index contributed by atoms with van der Waals surface area (Å²) in [4.78, 5) is 34.5. The van der Waals surface area contributed by atoms with E-state index >= 15 is 0 Å². The van der Waals surface area contributed by atoms with E-state index in [9.17, 15) is 19.7 Å². The molecule has 26 heavy (non-hydrogen) atoms. The highest BCUT2D eigenvalue weighted by molar-refractivity contribution is 5.77. The molecule has 2 aromatic carbocycles. The third-order valence-electron chi connectivity index (χ3n) is 3.79. The van der Waals surface area contributed by atoms with Crippen molar-refractivity contribution in [2.24, 2.45) is 0 Å². The van der Waals surface area contributed by atoms with E-state index in [1.807, 2.05) is 0 Å². The molecule has 9 nitrogen and oxygen atoms in total. The first-order valence-corrected chi connectivity index (χ1v) is 7.87. The molecule has 1 N–H and O–H groups in total. The smallest absolute Gasteiger partial charge is 0.277 e. The van der Waals surface area contributed by atoms with Gasteiger partial charge in [0.15, 0.2) is 0 Å². The SMILES string of the molecule is O=C(CCn1nnc2ccccc2c1=O)NCc1cccc([N+](=O)[O-])c1. The van der Waals surface area contributed by atoms with Crippen LogP contribution in [0.2, 0.25) is 0 Å². The molecule has 132 valence electrons. The van der Waals surface area contributed by atoms with Crippen molar-refractivity contribution in [2.75, 3.05) is 0 Å². The van der Waals surface area contributed by atoms with Crippen LogP contribution in [-0.2, 0) is 17.9 Å². The quantitative estimate of drug-likeness (QED) is 0.528. The van der Waals surface area contributed by atoms with Crippen molar-refractivity contribution < 1.29 is 9.72 Å². The summed E-state index contributed by atoms with van der Waals surface area (Å²) in [7, 11) is 0. The second-order valence-electron chi connectivity index (χ2n) is 5.59. The molecule has 1 amide bonds. The Hall–Kier alpha value is -3.62. The number of aromatic nitrogens is 3. The molecule has 0 aliphatic carbocycles. The molecule has 0 atom stereocenters. The molecule has 9 heteroatoms. The predicted molar refractivity (Wildman–Crippen MR) is 93.4 cm³/mol. The number of carbonyl (C=O) groups excluding carboxylic acids is 1. The first kappa shape index (κ1) is 17.2. The van der Waals surface area contributed by atoms with Gasteiger partial charge in [-0.15, -0.1) is 5.10 Å². The van der Waals surface area contributed by atoms with E-state index in [2.05, 4.69) is 15.6 Å². The van der Waals surface area contributed by atoms with E-state index in [0.29, 0.717) is 16.5 Å². The van der Waals surface area contributed by atoms with Crippen LogP contribution in [0.5, 0.6) is 0 Å². The Kier molecular flexibility index (Phi) is 4.97. The van der Waals surface area contributed by atoms with E-state index in [0.717, 1.165) is 4.68 Å². The third-order valence-corrected chi connectivity index (χ3v) is 3.79. The summed E-state index contributed by atoms with van der Waals surface area (Å²) in [6.45, 7) is 0.260. The molecule has 0 spiro atoms. The lowest BCUT2D eigenvalue weighted by molar-refractivity contribution is -0.384. The summed E-state index contributed by atoms with van der Waals surface area (Å²) in [6.07, 6.45) is 0.0435. The topological polar surface area (TPSA) is 120 Å². The van der Waals surface area contributed by atoms with Gasteiger partial charge in [-0.05, 0) is 17.7 Å². The Balaban J connectivity index is 1.59. The van der Waals surface area contributed by atoms with Gasteiger partial charge in [-0.3, -0.25) is 19.7 Å². The fourth-order valence-electron chi connectivity index (χ4n) is 2.45. The zero-order chi connectivity index (χ0) is 18.5. The largest absolute Gasteiger partial charge is 0.352 e. The van der Waals surface area contributed by atoms with Crippen molar-refractivity contribution in [3.05, 3.63) is 74.6 Å². The highest BCUT2D eigenvalue weighted by atomic mass is 16.6. The number of nitrogens with one attached hydrogen (secondary N) is 1. The van der Waals surface area contributed by atoms with E-state index in [1.165, 1.54) is 12.1 Å². The van der Waals surface area contributed by atoms with Gasteiger partial charge in [-0.2, -0.15) is 0 Å². The molecule has 1 aromatic heterocycles. The minimum Gasteiger partial charge on any atom is -0.352 e. The van der Waals surface area contributed by atoms with Crippen molar-refractivity contribution in [3.63, 3.8) is 0 Å². The highest BCUT2D eigenvalue weighted by Gasteiger charge is 2.09. The van der Waals surface area contributed by atoms with Gasteiger partial charge >= 0.3 is 0 Å². The Morgan fingerprint density at radius 2 is 2.00 bits per heavy atom. The maximum atomic E-state index is 12.3. The summed E-state index contributed by atoms with van der Waals surface area (Å²) in [5, 5.41) is 21.6. The van der Waals surface area contributed by atoms with E-state index in [4.69, 9.17) is 0 Å². The first-order chi connectivity index (χ1) is 12.5. The van der Waals surface area contributed by atoms with Gasteiger partial charge in [0.2, 0.25) is 5.91 Å². The summed E-state index contributed by atoms with van der Waals surface area (Å²) < 4.78 is 1.15. The van der Waals surface area contributed by atoms with Crippen LogP contribution >= 0.6 is 0 Å². The number of hydrogen-bond acceptors (Lipinski definition) is 6. The molecule has 0 aliphatic heterocycles. The monoisotopic (exact) mass is 353 g/mol. The molecule has 1 heterocycles. The van der Waals surface area contributed by atoms with Crippen LogP contribution in [0.15, 0.2) is 53.3 Å². The zero-order valence-electron chi connectivity index (χ0n) is 13.7. The van der Waals surface area contributed by atoms with Crippen LogP contribution in [0, 0.1) is 10.1 Å². The number of non-ortho nitro benzene ring substituents is 1. The molecule has 0 saturated heterocycles. The lowest BCUT2D eigenvalue weighted by Gasteiger charge is -2.07. The molecule has 3 rings (SSSR count). The third kappa shape index (κ3) is 3.89. The second-order valence-corrected chi connectivity index (χ2v) is 5.59. The maximum absolute atomic E-state index is 12.3. The summed E-state index contributed by atoms with van der Waals surface area (Å²) in [6, 6.07) is 12.9. The Bertz CT molecular complexity index is 1030. The minimum absolute atomic E-state index is 0.0326. The molecule has 0 saturated carbocycles. The fraction of sp³-hybridized carbons (Fsp3) is 0.176. The Labute approximate surface area is 147 Å². The van der Waals surface area contributed by atoms with E-state index in [-0.39, 0.29) is 36.7 Å². The van der Waals surface area contributed by atoms with Crippen molar-refractivity contribution in [1.82, 2.24) is 20.3 Å². The van der Waals surface area contributed by atoms with Gasteiger partial charge in [-0.25, -0.2) is 4.68 Å². The van der Waals surface area contributed by atoms with Crippen LogP contribution in [0.25, 0.3) is 10.9 Å². The number of nitro groups is 1. The lowest BCUT2D eigenvalue weighted by Crippen LogP contribution is -2.29. The number of benzene rings is 2. The summed E-state index contributed by atoms with van der Waals surface area (Å²) >= 11 is 0. The van der Waals surface area contributed by atoms with Crippen molar-refractivity contribution in [2.45, 2.75) is 19.5 Å². The molecule has 3 aromatic rings. The first-order valence-electron chi connectivity index (χ1n) is 7.87. The zero-order valence-corrected chi connectivity index (χ0v) is 13.7. The van der Waals surface area contributed by atoms with Crippen molar-refractivity contribution >= 4 is 22.5 Å². The van der Waals surface area contributed by atoms with Gasteiger partial charge in [0, 0.05) is 25.1 Å². The van der Waals surface area contributed by atoms with Gasteiger partial charge in [0.1, 0.15) is 5.52 Å². The number of rotatable bonds is 6. The lowest BCUT2D eigenvalue weighted by atomic mass is 10.2. The summed E-state index contributed by atoms with van der Waals surface area (Å²) in [5.41, 5.74) is 0.788. The number of nitrogens with zero attached hydrogens (tertiary/aromatic N) is 4. The van der Waals surface area contributed by atoms with Gasteiger partial charge in [0.25, 0.3) is 11.2 Å². The molecule has 0 aliphatic rings. The second kappa shape index (κ2) is 7.51. The molecule has 0 unspecified atom stereocenters. The predicted octanol–water partition coefficient (Wildman–Crippen LogP) is 1.41. The Morgan fingerprint density at radius 1 is 1.19 bits per heavy atom. The molecular formula is C17H15N5O4. The molecule has 0 bridgehead atoms. The highest BCUT2D eigenvalue weighted by Crippen LogP contribution is 2.12. The number of nitro benzene ring substituents is 1. The van der Waals surface area contributed by atoms with Gasteiger partial charge in [-0.1, -0.05) is 29.5 Å². The number of aryl methyl sites for hydroxylation is 1. The molecule has 0 fully saturated rings. The van der Waals surface area contributed by atoms with Crippen LogP contribution in [-0.4, -0.2) is 25.8 Å². The number of carbonyl (C=O) groups is 1. The number of fused-ring (bicyclic) bond motifs is 1. The van der Waals surface area contributed by atoms with Crippen molar-refractivity contribution in [3.8, 4) is 0 Å². The minimum atomic E-state index is -0.490. The maximum Gasteiger partial charge on any atom is 0.277 e. The molecule has 0 radical (unpaired) electrons. The van der Waals surface area contributed by atoms with E-state index in [1.54, 1.807) is 36.4 Å². The van der Waals surface area contributed by atoms with Crippen LogP contribution in [0.4, 0.5) is 5.69 Å². The fourth-order valence-corrected chi connectivity index (χ4v) is 2.45. The van der Waals surface area contributed by atoms with E-state index < -0.39 is 4.92 Å². The van der Waals surface area contributed by atoms with Gasteiger partial charge in [0.05, 0.1) is 16.9 Å². The van der Waals surface area contributed by atoms with Crippen LogP contribution < -0.4 is 10.9 Å². The summed E-state index contributed by atoms with van der Waals surface area (Å²) in [5.74, 6) is -0.293. The van der Waals surface area contributed by atoms with Gasteiger partial charge < -0.3 is 5.32 Å². The van der Waals surface area contributed by atoms with Crippen molar-refractivity contribution in [1.29, 1.82) is 0 Å². The average molecular weight is 353 g/mol. The van der Waals surface area contributed by atoms with Crippen LogP contribution in [0.1, 0.15) is 12.0 Å².